The molecular weight excluding hydrogens is 426 g/mol. The standard InChI is InChI=1S/C25H29N9/c1-17(19(15-28)16-29)31-24(9-3-2-6-12-26)34-23-8-5-4-7-21(23)25(33-34)32-20-10-11-22(30)18(13-20)14-27/h3,5-6,8-16,27-28H,1-2,4,7,26,29-30H2,(H,32,33)/b9-3-,12-6+,19-16+,27-14?,28-15?,31-24?. The Labute approximate surface area is 198 Å². The smallest absolute Gasteiger partial charge is 0.156 e. The molecule has 0 saturated carbocycles. The minimum atomic E-state index is 0.347. The van der Waals surface area contributed by atoms with Crippen LogP contribution in [-0.4, -0.2) is 28.0 Å². The predicted octanol–water partition coefficient (Wildman–Crippen LogP) is 3.84. The van der Waals surface area contributed by atoms with Crippen molar-refractivity contribution in [2.45, 2.75) is 19.3 Å². The summed E-state index contributed by atoms with van der Waals surface area (Å²) in [5, 5.41) is 23.3. The quantitative estimate of drug-likeness (QED) is 0.146. The number of nitrogens with two attached hydrogens (primary N) is 3. The number of nitrogen functional groups attached to an aromatic ring is 1. The van der Waals surface area contributed by atoms with Gasteiger partial charge in [0.15, 0.2) is 11.7 Å². The topological polar surface area (TPSA) is 168 Å². The third-order valence-electron chi connectivity index (χ3n) is 5.17. The molecule has 34 heavy (non-hydrogen) atoms. The Kier molecular flexibility index (Phi) is 7.96. The molecule has 0 aliphatic heterocycles. The lowest BCUT2D eigenvalue weighted by Crippen LogP contribution is -2.14. The summed E-state index contributed by atoms with van der Waals surface area (Å²) in [5.74, 6) is 1.21. The first-order valence-electron chi connectivity index (χ1n) is 10.7. The monoisotopic (exact) mass is 455 g/mol. The number of aromatic nitrogens is 2. The second kappa shape index (κ2) is 11.3. The van der Waals surface area contributed by atoms with Gasteiger partial charge in [0.25, 0.3) is 0 Å². The number of nitrogens with one attached hydrogen (secondary N) is 3. The Balaban J connectivity index is 2.09. The van der Waals surface area contributed by atoms with Crippen LogP contribution in [0.25, 0.3) is 6.08 Å². The van der Waals surface area contributed by atoms with E-state index in [1.807, 2.05) is 36.4 Å². The lowest BCUT2D eigenvalue weighted by atomic mass is 10.0. The highest BCUT2D eigenvalue weighted by Gasteiger charge is 2.20. The van der Waals surface area contributed by atoms with Crippen molar-refractivity contribution in [1.82, 2.24) is 9.78 Å². The summed E-state index contributed by atoms with van der Waals surface area (Å²) in [5.41, 5.74) is 21.6. The van der Waals surface area contributed by atoms with Crippen LogP contribution < -0.4 is 22.5 Å². The number of benzene rings is 1. The Morgan fingerprint density at radius 1 is 1.26 bits per heavy atom. The van der Waals surface area contributed by atoms with Gasteiger partial charge < -0.3 is 33.3 Å². The van der Waals surface area contributed by atoms with Crippen molar-refractivity contribution >= 4 is 41.5 Å². The van der Waals surface area contributed by atoms with Gasteiger partial charge in [0, 0.05) is 46.7 Å². The number of nitrogens with zero attached hydrogens (tertiary/aromatic N) is 3. The molecule has 1 heterocycles. The van der Waals surface area contributed by atoms with Gasteiger partial charge in [0.05, 0.1) is 11.4 Å². The van der Waals surface area contributed by atoms with Gasteiger partial charge in [-0.25, -0.2) is 9.67 Å². The molecular formula is C25H29N9. The zero-order chi connectivity index (χ0) is 24.5. The van der Waals surface area contributed by atoms with Crippen LogP contribution in [0.15, 0.2) is 77.7 Å². The molecule has 1 aliphatic carbocycles. The molecule has 0 fully saturated rings. The predicted molar refractivity (Wildman–Crippen MR) is 142 cm³/mol. The van der Waals surface area contributed by atoms with E-state index in [2.05, 4.69) is 23.0 Å². The molecule has 1 aromatic carbocycles. The van der Waals surface area contributed by atoms with Crippen molar-refractivity contribution in [3.8, 4) is 0 Å². The minimum absolute atomic E-state index is 0.347. The van der Waals surface area contributed by atoms with Gasteiger partial charge in [0.1, 0.15) is 0 Å². The first-order valence-corrected chi connectivity index (χ1v) is 10.7. The van der Waals surface area contributed by atoms with E-state index in [0.29, 0.717) is 40.6 Å². The van der Waals surface area contributed by atoms with E-state index in [9.17, 15) is 0 Å². The Hall–Kier alpha value is -4.66. The van der Waals surface area contributed by atoms with E-state index < -0.39 is 0 Å². The van der Waals surface area contributed by atoms with Crippen molar-refractivity contribution in [2.24, 2.45) is 16.5 Å². The second-order valence-corrected chi connectivity index (χ2v) is 7.43. The summed E-state index contributed by atoms with van der Waals surface area (Å²) in [4.78, 5) is 4.63. The molecule has 0 radical (unpaired) electrons. The van der Waals surface area contributed by atoms with Crippen LogP contribution in [-0.2, 0) is 6.42 Å². The highest BCUT2D eigenvalue weighted by molar-refractivity contribution is 5.98. The Morgan fingerprint density at radius 3 is 2.79 bits per heavy atom. The number of hydrogen-bond acceptors (Lipinski definition) is 8. The summed E-state index contributed by atoms with van der Waals surface area (Å²) in [6, 6.07) is 5.42. The molecule has 174 valence electrons. The maximum absolute atomic E-state index is 7.56. The van der Waals surface area contributed by atoms with Gasteiger partial charge in [-0.2, -0.15) is 0 Å². The third-order valence-corrected chi connectivity index (χ3v) is 5.17. The zero-order valence-corrected chi connectivity index (χ0v) is 18.8. The van der Waals surface area contributed by atoms with Gasteiger partial charge in [-0.05, 0) is 55.8 Å². The van der Waals surface area contributed by atoms with Crippen molar-refractivity contribution in [2.75, 3.05) is 11.1 Å². The molecule has 0 atom stereocenters. The second-order valence-electron chi connectivity index (χ2n) is 7.43. The molecule has 0 spiro atoms. The average Bonchev–Trinajstić information content (AvgIpc) is 3.21. The largest absolute Gasteiger partial charge is 0.405 e. The lowest BCUT2D eigenvalue weighted by molar-refractivity contribution is 0.915. The molecule has 0 saturated heterocycles. The van der Waals surface area contributed by atoms with Gasteiger partial charge in [0.2, 0.25) is 0 Å². The van der Waals surface area contributed by atoms with E-state index in [1.165, 1.54) is 18.6 Å². The number of anilines is 3. The summed E-state index contributed by atoms with van der Waals surface area (Å²) in [6.45, 7) is 3.96. The number of allylic oxidation sites excluding steroid dienone is 5. The third kappa shape index (κ3) is 5.39. The maximum Gasteiger partial charge on any atom is 0.156 e. The van der Waals surface area contributed by atoms with Gasteiger partial charge in [-0.15, -0.1) is 5.10 Å². The highest BCUT2D eigenvalue weighted by atomic mass is 15.3. The molecule has 9 N–H and O–H groups in total. The fourth-order valence-electron chi connectivity index (χ4n) is 3.41. The van der Waals surface area contributed by atoms with E-state index in [1.54, 1.807) is 10.7 Å². The summed E-state index contributed by atoms with van der Waals surface area (Å²) in [7, 11) is 0. The van der Waals surface area contributed by atoms with Gasteiger partial charge in [-0.3, -0.25) is 0 Å². The molecule has 9 heteroatoms. The molecule has 3 rings (SSSR count). The van der Waals surface area contributed by atoms with Crippen LogP contribution in [0, 0.1) is 10.8 Å². The van der Waals surface area contributed by atoms with Crippen LogP contribution in [0.5, 0.6) is 0 Å². The van der Waals surface area contributed by atoms with Crippen LogP contribution in [0.3, 0.4) is 0 Å². The van der Waals surface area contributed by atoms with Crippen LogP contribution in [0.1, 0.15) is 29.7 Å². The molecule has 0 amide bonds. The molecule has 1 aromatic heterocycles. The molecule has 9 nitrogen and oxygen atoms in total. The normalized spacial score (nSPS) is 13.9. The van der Waals surface area contributed by atoms with Crippen LogP contribution >= 0.6 is 0 Å². The Bertz CT molecular complexity index is 1240. The number of fused-ring (bicyclic) bond motifs is 1. The summed E-state index contributed by atoms with van der Waals surface area (Å²) in [6.07, 6.45) is 17.1. The van der Waals surface area contributed by atoms with Gasteiger partial charge in [-0.1, -0.05) is 24.8 Å². The minimum Gasteiger partial charge on any atom is -0.405 e. The van der Waals surface area contributed by atoms with Crippen molar-refractivity contribution in [3.63, 3.8) is 0 Å². The first-order chi connectivity index (χ1) is 16.5. The number of rotatable bonds is 9. The van der Waals surface area contributed by atoms with E-state index >= 15 is 0 Å². The van der Waals surface area contributed by atoms with Crippen molar-refractivity contribution in [1.29, 1.82) is 10.8 Å². The van der Waals surface area contributed by atoms with Crippen LogP contribution in [0.2, 0.25) is 0 Å². The zero-order valence-electron chi connectivity index (χ0n) is 18.8. The van der Waals surface area contributed by atoms with E-state index in [-0.39, 0.29) is 0 Å². The fraction of sp³-hybridized carbons (Fsp3) is 0.120. The number of hydrogen-bond donors (Lipinski definition) is 6. The lowest BCUT2D eigenvalue weighted by Gasteiger charge is -2.11. The molecule has 1 aliphatic rings. The van der Waals surface area contributed by atoms with E-state index in [0.717, 1.165) is 36.0 Å². The molecule has 0 bridgehead atoms. The Morgan fingerprint density at radius 2 is 2.09 bits per heavy atom. The van der Waals surface area contributed by atoms with Crippen LogP contribution in [0.4, 0.5) is 17.2 Å². The fourth-order valence-corrected chi connectivity index (χ4v) is 3.41. The summed E-state index contributed by atoms with van der Waals surface area (Å²) >= 11 is 0. The first kappa shape index (κ1) is 24.0. The van der Waals surface area contributed by atoms with Gasteiger partial charge >= 0.3 is 0 Å². The summed E-state index contributed by atoms with van der Waals surface area (Å²) < 4.78 is 1.74. The van der Waals surface area contributed by atoms with Crippen molar-refractivity contribution < 1.29 is 0 Å². The average molecular weight is 456 g/mol. The maximum atomic E-state index is 7.56. The molecule has 0 unspecified atom stereocenters. The number of aliphatic imine (C=N–C) groups is 1. The highest BCUT2D eigenvalue weighted by Crippen LogP contribution is 2.30. The van der Waals surface area contributed by atoms with E-state index in [4.69, 9.17) is 33.1 Å². The molecule has 2 aromatic rings. The SMILES string of the molecule is C=C(N=C(/C=C\C/C=C/N)n1nc(Nc2ccc(N)c(C=N)c2)c2c1C=CCC2)/C(C=N)=C/N. The van der Waals surface area contributed by atoms with Crippen molar-refractivity contribution in [3.05, 3.63) is 89.6 Å².